The Morgan fingerprint density at radius 1 is 1.13 bits per heavy atom. The number of aromatic nitrogens is 2. The molecule has 158 valence electrons. The molecule has 1 unspecified atom stereocenters. The van der Waals surface area contributed by atoms with Gasteiger partial charge in [-0.25, -0.2) is 4.98 Å². The molecule has 0 fully saturated rings. The highest BCUT2D eigenvalue weighted by Gasteiger charge is 2.21. The van der Waals surface area contributed by atoms with E-state index in [0.717, 1.165) is 34.3 Å². The van der Waals surface area contributed by atoms with Crippen LogP contribution >= 0.6 is 11.8 Å². The summed E-state index contributed by atoms with van der Waals surface area (Å²) in [5.74, 6) is 0.721. The van der Waals surface area contributed by atoms with Gasteiger partial charge in [0.25, 0.3) is 0 Å². The van der Waals surface area contributed by atoms with E-state index in [1.807, 2.05) is 72.3 Å². The maximum Gasteiger partial charge on any atom is 0.233 e. The van der Waals surface area contributed by atoms with Gasteiger partial charge in [-0.3, -0.25) is 9.36 Å². The first-order valence-corrected chi connectivity index (χ1v) is 10.7. The lowest BCUT2D eigenvalue weighted by atomic mass is 10.1. The van der Waals surface area contributed by atoms with Crippen molar-refractivity contribution in [3.63, 3.8) is 0 Å². The van der Waals surface area contributed by atoms with Gasteiger partial charge in [-0.15, -0.1) is 0 Å². The molecule has 0 saturated carbocycles. The van der Waals surface area contributed by atoms with Crippen LogP contribution in [0.3, 0.4) is 0 Å². The van der Waals surface area contributed by atoms with Crippen LogP contribution in [-0.4, -0.2) is 48.1 Å². The first-order chi connectivity index (χ1) is 14.7. The first kappa shape index (κ1) is 21.9. The molecule has 0 radical (unpaired) electrons. The molecule has 7 heteroatoms. The molecule has 0 bridgehead atoms. The zero-order chi connectivity index (χ0) is 21.3. The SMILES string of the molecule is COCCCNC(=O)C(C)Sc1ncc(-c2ccccc2)n1-c1ccccc1OC. The van der Waals surface area contributed by atoms with Crippen LogP contribution < -0.4 is 10.1 Å². The lowest BCUT2D eigenvalue weighted by Gasteiger charge is -2.17. The molecule has 6 nitrogen and oxygen atoms in total. The second kappa shape index (κ2) is 10.8. The van der Waals surface area contributed by atoms with Gasteiger partial charge >= 0.3 is 0 Å². The molecule has 0 aliphatic heterocycles. The molecule has 30 heavy (non-hydrogen) atoms. The van der Waals surface area contributed by atoms with Crippen molar-refractivity contribution in [2.24, 2.45) is 0 Å². The van der Waals surface area contributed by atoms with E-state index in [1.165, 1.54) is 11.8 Å². The van der Waals surface area contributed by atoms with E-state index in [1.54, 1.807) is 14.2 Å². The number of benzene rings is 2. The summed E-state index contributed by atoms with van der Waals surface area (Å²) < 4.78 is 12.7. The Kier molecular flexibility index (Phi) is 7.93. The summed E-state index contributed by atoms with van der Waals surface area (Å²) >= 11 is 1.42. The number of ether oxygens (including phenoxy) is 2. The van der Waals surface area contributed by atoms with Gasteiger partial charge in [-0.1, -0.05) is 54.2 Å². The summed E-state index contributed by atoms with van der Waals surface area (Å²) in [6.07, 6.45) is 2.63. The van der Waals surface area contributed by atoms with E-state index in [0.29, 0.717) is 13.2 Å². The van der Waals surface area contributed by atoms with Crippen LogP contribution in [0.1, 0.15) is 13.3 Å². The standard InChI is InChI=1S/C23H27N3O3S/c1-17(22(27)24-14-9-15-28-2)30-23-25-16-20(18-10-5-4-6-11-18)26(23)19-12-7-8-13-21(19)29-3/h4-8,10-13,16-17H,9,14-15H2,1-3H3,(H,24,27). The molecule has 3 rings (SSSR count). The van der Waals surface area contributed by atoms with Crippen LogP contribution in [0.25, 0.3) is 16.9 Å². The largest absolute Gasteiger partial charge is 0.495 e. The Morgan fingerprint density at radius 2 is 1.87 bits per heavy atom. The molecule has 0 spiro atoms. The average molecular weight is 426 g/mol. The predicted octanol–water partition coefficient (Wildman–Crippen LogP) is 4.18. The lowest BCUT2D eigenvalue weighted by molar-refractivity contribution is -0.120. The van der Waals surface area contributed by atoms with Gasteiger partial charge in [0.2, 0.25) is 5.91 Å². The Balaban J connectivity index is 1.91. The number of nitrogens with zero attached hydrogens (tertiary/aromatic N) is 2. The fraction of sp³-hybridized carbons (Fsp3) is 0.304. The minimum Gasteiger partial charge on any atom is -0.495 e. The van der Waals surface area contributed by atoms with Crippen molar-refractivity contribution in [3.8, 4) is 22.7 Å². The van der Waals surface area contributed by atoms with Crippen LogP contribution in [-0.2, 0) is 9.53 Å². The number of carbonyl (C=O) groups excluding carboxylic acids is 1. The Hall–Kier alpha value is -2.77. The van der Waals surface area contributed by atoms with Crippen molar-refractivity contribution in [2.45, 2.75) is 23.8 Å². The number of carbonyl (C=O) groups is 1. The molecule has 1 N–H and O–H groups in total. The Bertz CT molecular complexity index is 959. The second-order valence-electron chi connectivity index (χ2n) is 6.70. The van der Waals surface area contributed by atoms with Crippen molar-refractivity contribution in [3.05, 3.63) is 60.8 Å². The summed E-state index contributed by atoms with van der Waals surface area (Å²) in [6, 6.07) is 17.9. The highest BCUT2D eigenvalue weighted by atomic mass is 32.2. The van der Waals surface area contributed by atoms with Gasteiger partial charge in [-0.2, -0.15) is 0 Å². The van der Waals surface area contributed by atoms with E-state index in [-0.39, 0.29) is 11.2 Å². The fourth-order valence-corrected chi connectivity index (χ4v) is 3.98. The van der Waals surface area contributed by atoms with E-state index in [4.69, 9.17) is 9.47 Å². The van der Waals surface area contributed by atoms with Crippen molar-refractivity contribution in [2.75, 3.05) is 27.4 Å². The average Bonchev–Trinajstić information content (AvgIpc) is 3.20. The maximum atomic E-state index is 12.5. The van der Waals surface area contributed by atoms with Gasteiger partial charge < -0.3 is 14.8 Å². The monoisotopic (exact) mass is 425 g/mol. The van der Waals surface area contributed by atoms with Gasteiger partial charge in [0, 0.05) is 25.8 Å². The molecule has 2 aromatic carbocycles. The number of hydrogen-bond acceptors (Lipinski definition) is 5. The molecule has 1 amide bonds. The van der Waals surface area contributed by atoms with E-state index >= 15 is 0 Å². The Labute approximate surface area is 181 Å². The topological polar surface area (TPSA) is 65.4 Å². The molecule has 0 aliphatic rings. The normalized spacial score (nSPS) is 11.8. The smallest absolute Gasteiger partial charge is 0.233 e. The number of thioether (sulfide) groups is 1. The van der Waals surface area contributed by atoms with Gasteiger partial charge in [-0.05, 0) is 25.5 Å². The number of nitrogens with one attached hydrogen (secondary N) is 1. The molecule has 1 aromatic heterocycles. The number of imidazole rings is 1. The number of methoxy groups -OCH3 is 2. The van der Waals surface area contributed by atoms with Gasteiger partial charge in [0.1, 0.15) is 5.75 Å². The first-order valence-electron chi connectivity index (χ1n) is 9.85. The van der Waals surface area contributed by atoms with Gasteiger partial charge in [0.05, 0.1) is 29.9 Å². The molecule has 0 aliphatic carbocycles. The quantitative estimate of drug-likeness (QED) is 0.390. The number of hydrogen-bond donors (Lipinski definition) is 1. The van der Waals surface area contributed by atoms with Crippen molar-refractivity contribution in [1.29, 1.82) is 0 Å². The number of amides is 1. The van der Waals surface area contributed by atoms with Crippen molar-refractivity contribution >= 4 is 17.7 Å². The minimum absolute atomic E-state index is 0.0214. The van der Waals surface area contributed by atoms with Crippen LogP contribution in [0.5, 0.6) is 5.75 Å². The van der Waals surface area contributed by atoms with Crippen molar-refractivity contribution < 1.29 is 14.3 Å². The highest BCUT2D eigenvalue weighted by Crippen LogP contribution is 2.35. The lowest BCUT2D eigenvalue weighted by Crippen LogP contribution is -2.32. The maximum absolute atomic E-state index is 12.5. The third-order valence-electron chi connectivity index (χ3n) is 4.60. The zero-order valence-electron chi connectivity index (χ0n) is 17.5. The summed E-state index contributed by atoms with van der Waals surface area (Å²) in [5, 5.41) is 3.39. The minimum atomic E-state index is -0.299. The van der Waals surface area contributed by atoms with Crippen LogP contribution in [0.2, 0.25) is 0 Å². The molecule has 1 heterocycles. The fourth-order valence-electron chi connectivity index (χ4n) is 3.06. The summed E-state index contributed by atoms with van der Waals surface area (Å²) in [5.41, 5.74) is 2.86. The third-order valence-corrected chi connectivity index (χ3v) is 5.67. The van der Waals surface area contributed by atoms with Gasteiger partial charge in [0.15, 0.2) is 5.16 Å². The van der Waals surface area contributed by atoms with E-state index < -0.39 is 0 Å². The molecular weight excluding hydrogens is 398 g/mol. The Morgan fingerprint density at radius 3 is 2.60 bits per heavy atom. The predicted molar refractivity (Wildman–Crippen MR) is 120 cm³/mol. The van der Waals surface area contributed by atoms with Crippen molar-refractivity contribution in [1.82, 2.24) is 14.9 Å². The molecule has 0 saturated heterocycles. The molecule has 3 aromatic rings. The number of para-hydroxylation sites is 2. The molecular formula is C23H27N3O3S. The summed E-state index contributed by atoms with van der Waals surface area (Å²) in [7, 11) is 3.31. The highest BCUT2D eigenvalue weighted by molar-refractivity contribution is 8.00. The van der Waals surface area contributed by atoms with Crippen LogP contribution in [0.15, 0.2) is 66.0 Å². The third kappa shape index (κ3) is 5.23. The van der Waals surface area contributed by atoms with Crippen LogP contribution in [0.4, 0.5) is 0 Å². The second-order valence-corrected chi connectivity index (χ2v) is 8.00. The zero-order valence-corrected chi connectivity index (χ0v) is 18.3. The van der Waals surface area contributed by atoms with Crippen LogP contribution in [0, 0.1) is 0 Å². The van der Waals surface area contributed by atoms with E-state index in [2.05, 4.69) is 10.3 Å². The van der Waals surface area contributed by atoms with E-state index in [9.17, 15) is 4.79 Å². The number of rotatable bonds is 10. The summed E-state index contributed by atoms with van der Waals surface area (Å²) in [4.78, 5) is 17.2. The molecule has 1 atom stereocenters. The summed E-state index contributed by atoms with van der Waals surface area (Å²) in [6.45, 7) is 3.11.